The highest BCUT2D eigenvalue weighted by Gasteiger charge is 2.26. The summed E-state index contributed by atoms with van der Waals surface area (Å²) in [6.45, 7) is 4.82. The minimum Gasteiger partial charge on any atom is -0.372 e. The molecule has 1 aromatic rings. The van der Waals surface area contributed by atoms with Crippen molar-refractivity contribution in [2.75, 3.05) is 13.1 Å². The molecule has 1 aliphatic rings. The second-order valence-electron chi connectivity index (χ2n) is 4.79. The molecule has 19 heavy (non-hydrogen) atoms. The molecule has 0 aromatic heterocycles. The number of nitrogens with zero attached hydrogens (tertiary/aromatic N) is 1. The van der Waals surface area contributed by atoms with Gasteiger partial charge in [-0.05, 0) is 26.0 Å². The zero-order valence-corrected chi connectivity index (χ0v) is 11.1. The number of hydrogen-bond donors (Lipinski definition) is 1. The minimum absolute atomic E-state index is 0.0127. The Hall–Kier alpha value is -1.88. The largest absolute Gasteiger partial charge is 0.372 e. The van der Waals surface area contributed by atoms with Crippen molar-refractivity contribution in [2.24, 2.45) is 0 Å². The van der Waals surface area contributed by atoms with Gasteiger partial charge in [-0.25, -0.2) is 4.79 Å². The van der Waals surface area contributed by atoms with E-state index in [1.54, 1.807) is 29.2 Å². The number of ether oxygens (including phenoxy) is 1. The van der Waals surface area contributed by atoms with Gasteiger partial charge in [0, 0.05) is 18.7 Å². The summed E-state index contributed by atoms with van der Waals surface area (Å²) in [6.07, 6.45) is -0.0253. The number of carbonyl (C=O) groups excluding carboxylic acids is 2. The molecule has 1 N–H and O–H groups in total. The number of rotatable bonds is 1. The molecule has 1 aliphatic heterocycles. The maximum atomic E-state index is 12.0. The van der Waals surface area contributed by atoms with Crippen LogP contribution in [0.25, 0.3) is 0 Å². The molecule has 2 rings (SSSR count). The van der Waals surface area contributed by atoms with Crippen LogP contribution in [0.2, 0.25) is 0 Å². The predicted octanol–water partition coefficient (Wildman–Crippen LogP) is 1.65. The number of carbonyl (C=O) groups is 2. The van der Waals surface area contributed by atoms with Gasteiger partial charge < -0.3 is 9.64 Å². The zero-order valence-electron chi connectivity index (χ0n) is 11.1. The van der Waals surface area contributed by atoms with Crippen LogP contribution in [0.15, 0.2) is 30.3 Å². The van der Waals surface area contributed by atoms with E-state index in [1.165, 1.54) is 0 Å². The van der Waals surface area contributed by atoms with Gasteiger partial charge in [0.15, 0.2) is 0 Å². The monoisotopic (exact) mass is 262 g/mol. The van der Waals surface area contributed by atoms with Crippen LogP contribution in [0.5, 0.6) is 0 Å². The fraction of sp³-hybridized carbons (Fsp3) is 0.429. The summed E-state index contributed by atoms with van der Waals surface area (Å²) < 4.78 is 5.55. The number of urea groups is 1. The highest BCUT2D eigenvalue weighted by molar-refractivity contribution is 6.04. The first-order chi connectivity index (χ1) is 9.06. The smallest absolute Gasteiger partial charge is 0.324 e. The fourth-order valence-corrected chi connectivity index (χ4v) is 2.18. The van der Waals surface area contributed by atoms with Crippen molar-refractivity contribution in [1.29, 1.82) is 0 Å². The lowest BCUT2D eigenvalue weighted by Crippen LogP contribution is -2.52. The quantitative estimate of drug-likeness (QED) is 0.837. The van der Waals surface area contributed by atoms with E-state index in [1.807, 2.05) is 19.9 Å². The van der Waals surface area contributed by atoms with Crippen LogP contribution in [0, 0.1) is 0 Å². The van der Waals surface area contributed by atoms with Gasteiger partial charge in [0.05, 0.1) is 12.2 Å². The van der Waals surface area contributed by atoms with Crippen molar-refractivity contribution in [1.82, 2.24) is 10.2 Å². The summed E-state index contributed by atoms with van der Waals surface area (Å²) >= 11 is 0. The average Bonchev–Trinajstić information content (AvgIpc) is 2.38. The standard InChI is InChI=1S/C14H18N2O3/c1-10-8-16(9-11(2)19-10)14(18)15-13(17)12-6-4-3-5-7-12/h3-7,10-11H,8-9H2,1-2H3,(H,15,17,18). The molecule has 5 nitrogen and oxygen atoms in total. The summed E-state index contributed by atoms with van der Waals surface area (Å²) in [6, 6.07) is 8.33. The molecule has 3 amide bonds. The topological polar surface area (TPSA) is 58.6 Å². The van der Waals surface area contributed by atoms with Gasteiger partial charge in [-0.15, -0.1) is 0 Å². The Balaban J connectivity index is 1.96. The Labute approximate surface area is 112 Å². The van der Waals surface area contributed by atoms with Gasteiger partial charge in [0.25, 0.3) is 5.91 Å². The molecule has 1 heterocycles. The first-order valence-corrected chi connectivity index (χ1v) is 6.37. The third-order valence-electron chi connectivity index (χ3n) is 2.96. The summed E-state index contributed by atoms with van der Waals surface area (Å²) in [5.41, 5.74) is 0.477. The Morgan fingerprint density at radius 3 is 2.32 bits per heavy atom. The number of nitrogens with one attached hydrogen (secondary N) is 1. The Bertz CT molecular complexity index is 451. The summed E-state index contributed by atoms with van der Waals surface area (Å²) in [5, 5.41) is 2.40. The number of benzene rings is 1. The van der Waals surface area contributed by atoms with E-state index in [-0.39, 0.29) is 24.1 Å². The molecule has 0 radical (unpaired) electrons. The molecule has 0 saturated carbocycles. The molecule has 5 heteroatoms. The lowest BCUT2D eigenvalue weighted by Gasteiger charge is -2.35. The van der Waals surface area contributed by atoms with Gasteiger partial charge in [-0.1, -0.05) is 18.2 Å². The molecule has 0 spiro atoms. The van der Waals surface area contributed by atoms with Gasteiger partial charge in [0.2, 0.25) is 0 Å². The van der Waals surface area contributed by atoms with Crippen LogP contribution in [0.3, 0.4) is 0 Å². The average molecular weight is 262 g/mol. The van der Waals surface area contributed by atoms with Gasteiger partial charge >= 0.3 is 6.03 Å². The molecule has 1 aromatic carbocycles. The van der Waals surface area contributed by atoms with Crippen LogP contribution in [-0.4, -0.2) is 42.1 Å². The van der Waals surface area contributed by atoms with Gasteiger partial charge in [0.1, 0.15) is 0 Å². The first kappa shape index (κ1) is 13.5. The minimum atomic E-state index is -0.377. The Morgan fingerprint density at radius 2 is 1.74 bits per heavy atom. The van der Waals surface area contributed by atoms with Crippen LogP contribution in [0.1, 0.15) is 24.2 Å². The van der Waals surface area contributed by atoms with Crippen LogP contribution < -0.4 is 5.32 Å². The molecular formula is C14H18N2O3. The molecule has 0 aliphatic carbocycles. The van der Waals surface area contributed by atoms with E-state index in [4.69, 9.17) is 4.74 Å². The third kappa shape index (κ3) is 3.54. The first-order valence-electron chi connectivity index (χ1n) is 6.37. The zero-order chi connectivity index (χ0) is 13.8. The summed E-state index contributed by atoms with van der Waals surface area (Å²) in [4.78, 5) is 25.5. The highest BCUT2D eigenvalue weighted by atomic mass is 16.5. The van der Waals surface area contributed by atoms with Gasteiger partial charge in [-0.2, -0.15) is 0 Å². The van der Waals surface area contributed by atoms with Crippen molar-refractivity contribution in [3.05, 3.63) is 35.9 Å². The van der Waals surface area contributed by atoms with Crippen molar-refractivity contribution in [2.45, 2.75) is 26.1 Å². The Kier molecular flexibility index (Phi) is 4.16. The predicted molar refractivity (Wildman–Crippen MR) is 70.9 cm³/mol. The molecule has 1 saturated heterocycles. The maximum Gasteiger partial charge on any atom is 0.324 e. The molecule has 2 atom stereocenters. The molecule has 2 unspecified atom stereocenters. The van der Waals surface area contributed by atoms with E-state index in [0.29, 0.717) is 18.7 Å². The molecule has 102 valence electrons. The lowest BCUT2D eigenvalue weighted by molar-refractivity contribution is -0.0543. The van der Waals surface area contributed by atoms with E-state index in [0.717, 1.165) is 0 Å². The third-order valence-corrected chi connectivity index (χ3v) is 2.96. The lowest BCUT2D eigenvalue weighted by atomic mass is 10.2. The van der Waals surface area contributed by atoms with E-state index < -0.39 is 0 Å². The van der Waals surface area contributed by atoms with Crippen molar-refractivity contribution >= 4 is 11.9 Å². The summed E-state index contributed by atoms with van der Waals surface area (Å²) in [7, 11) is 0. The van der Waals surface area contributed by atoms with E-state index in [9.17, 15) is 9.59 Å². The molecule has 1 fully saturated rings. The maximum absolute atomic E-state index is 12.0. The second-order valence-corrected chi connectivity index (χ2v) is 4.79. The fourth-order valence-electron chi connectivity index (χ4n) is 2.18. The van der Waals surface area contributed by atoms with Crippen LogP contribution in [0.4, 0.5) is 4.79 Å². The van der Waals surface area contributed by atoms with E-state index >= 15 is 0 Å². The molecule has 0 bridgehead atoms. The number of imide groups is 1. The second kappa shape index (κ2) is 5.84. The van der Waals surface area contributed by atoms with Crippen molar-refractivity contribution in [3.8, 4) is 0 Å². The van der Waals surface area contributed by atoms with Crippen LogP contribution in [-0.2, 0) is 4.74 Å². The number of amides is 3. The van der Waals surface area contributed by atoms with Crippen LogP contribution >= 0.6 is 0 Å². The normalized spacial score (nSPS) is 22.9. The summed E-state index contributed by atoms with van der Waals surface area (Å²) in [5.74, 6) is -0.377. The Morgan fingerprint density at radius 1 is 1.16 bits per heavy atom. The van der Waals surface area contributed by atoms with E-state index in [2.05, 4.69) is 5.32 Å². The molecular weight excluding hydrogens is 244 g/mol. The van der Waals surface area contributed by atoms with Crippen molar-refractivity contribution in [3.63, 3.8) is 0 Å². The SMILES string of the molecule is CC1CN(C(=O)NC(=O)c2ccccc2)CC(C)O1. The van der Waals surface area contributed by atoms with Crippen molar-refractivity contribution < 1.29 is 14.3 Å². The highest BCUT2D eigenvalue weighted by Crippen LogP contribution is 2.10. The number of hydrogen-bond acceptors (Lipinski definition) is 3. The number of morpholine rings is 1. The van der Waals surface area contributed by atoms with Gasteiger partial charge in [-0.3, -0.25) is 10.1 Å².